The second-order valence-corrected chi connectivity index (χ2v) is 16.4. The highest BCUT2D eigenvalue weighted by Crippen LogP contribution is 2.65. The highest BCUT2D eigenvalue weighted by Gasteiger charge is 2.56. The van der Waals surface area contributed by atoms with Gasteiger partial charge in [-0.3, -0.25) is 0 Å². The van der Waals surface area contributed by atoms with Crippen LogP contribution in [0.1, 0.15) is 50.7 Å². The van der Waals surface area contributed by atoms with Crippen LogP contribution in [0.5, 0.6) is 0 Å². The third-order valence-corrected chi connectivity index (χ3v) is 13.3. The Hall–Kier alpha value is -5.60. The monoisotopic (exact) mass is 685 g/mol. The van der Waals surface area contributed by atoms with Crippen LogP contribution in [0.2, 0.25) is 0 Å². The fourth-order valence-corrected chi connectivity index (χ4v) is 11.4. The lowest BCUT2D eigenvalue weighted by molar-refractivity contribution is 0.0426. The van der Waals surface area contributed by atoms with Crippen molar-refractivity contribution in [1.82, 2.24) is 0 Å². The maximum atomic E-state index is 6.54. The van der Waals surface area contributed by atoms with Gasteiger partial charge in [0.15, 0.2) is 0 Å². The molecule has 0 saturated heterocycles. The SMILES string of the molecule is C[C@H]1C[C@@H]2C[C@H](C1)C1(c3ccccc3-c3ccc(N(c4cccc(-c5cccc6c5oc5ccccc56)c4)c4ccc5ccccc5c4)cc31)[C@H](C)C2. The topological polar surface area (TPSA) is 16.4 Å². The van der Waals surface area contributed by atoms with Crippen molar-refractivity contribution >= 4 is 49.8 Å². The minimum Gasteiger partial charge on any atom is -0.455 e. The van der Waals surface area contributed by atoms with Crippen molar-refractivity contribution in [3.63, 3.8) is 0 Å². The van der Waals surface area contributed by atoms with E-state index in [-0.39, 0.29) is 5.41 Å². The van der Waals surface area contributed by atoms with Crippen LogP contribution in [0.4, 0.5) is 17.1 Å². The highest BCUT2D eigenvalue weighted by atomic mass is 16.3. The number of benzene rings is 7. The van der Waals surface area contributed by atoms with Gasteiger partial charge in [0.1, 0.15) is 11.2 Å². The summed E-state index contributed by atoms with van der Waals surface area (Å²) >= 11 is 0. The Morgan fingerprint density at radius 1 is 0.528 bits per heavy atom. The van der Waals surface area contributed by atoms with E-state index in [1.165, 1.54) is 58.8 Å². The van der Waals surface area contributed by atoms with Gasteiger partial charge in [-0.15, -0.1) is 0 Å². The normalized spacial score (nSPS) is 23.1. The Morgan fingerprint density at radius 2 is 1.25 bits per heavy atom. The molecule has 1 aromatic heterocycles. The van der Waals surface area contributed by atoms with Gasteiger partial charge in [-0.25, -0.2) is 0 Å². The molecule has 1 heterocycles. The number of hydrogen-bond donors (Lipinski definition) is 0. The van der Waals surface area contributed by atoms with Crippen LogP contribution in [0.25, 0.3) is 55.0 Å². The minimum atomic E-state index is 0.0287. The van der Waals surface area contributed by atoms with Crippen molar-refractivity contribution in [1.29, 1.82) is 0 Å². The van der Waals surface area contributed by atoms with Crippen molar-refractivity contribution in [2.24, 2.45) is 23.7 Å². The molecular weight excluding hydrogens is 643 g/mol. The molecule has 3 aliphatic carbocycles. The van der Waals surface area contributed by atoms with Gasteiger partial charge in [0, 0.05) is 38.8 Å². The first-order chi connectivity index (χ1) is 26.1. The molecule has 53 heavy (non-hydrogen) atoms. The Labute approximate surface area is 311 Å². The number of rotatable bonds is 4. The van der Waals surface area contributed by atoms with Gasteiger partial charge >= 0.3 is 0 Å². The van der Waals surface area contributed by atoms with Crippen LogP contribution in [0.3, 0.4) is 0 Å². The number of nitrogens with zero attached hydrogens (tertiary/aromatic N) is 1. The first-order valence-electron chi connectivity index (χ1n) is 19.6. The smallest absolute Gasteiger partial charge is 0.143 e. The molecule has 2 bridgehead atoms. The van der Waals surface area contributed by atoms with Gasteiger partial charge in [-0.2, -0.15) is 0 Å². The van der Waals surface area contributed by atoms with E-state index in [0.29, 0.717) is 11.8 Å². The highest BCUT2D eigenvalue weighted by molar-refractivity contribution is 6.09. The summed E-state index contributed by atoms with van der Waals surface area (Å²) in [7, 11) is 0. The first-order valence-corrected chi connectivity index (χ1v) is 19.6. The summed E-state index contributed by atoms with van der Waals surface area (Å²) in [6.07, 6.45) is 5.35. The van der Waals surface area contributed by atoms with E-state index in [2.05, 4.69) is 164 Å². The van der Waals surface area contributed by atoms with Crippen LogP contribution in [-0.2, 0) is 5.41 Å². The summed E-state index contributed by atoms with van der Waals surface area (Å²) < 4.78 is 6.54. The lowest BCUT2D eigenvalue weighted by Crippen LogP contribution is -2.49. The zero-order valence-corrected chi connectivity index (χ0v) is 30.4. The van der Waals surface area contributed by atoms with E-state index in [4.69, 9.17) is 4.42 Å². The molecule has 2 fully saturated rings. The van der Waals surface area contributed by atoms with E-state index in [0.717, 1.165) is 56.3 Å². The molecule has 2 heteroatoms. The second-order valence-electron chi connectivity index (χ2n) is 16.4. The van der Waals surface area contributed by atoms with Crippen LogP contribution in [0, 0.1) is 23.7 Å². The average molecular weight is 686 g/mol. The van der Waals surface area contributed by atoms with E-state index in [1.54, 1.807) is 5.56 Å². The summed E-state index contributed by atoms with van der Waals surface area (Å²) in [6, 6.07) is 56.4. The number of hydrogen-bond acceptors (Lipinski definition) is 2. The van der Waals surface area contributed by atoms with E-state index in [1.807, 2.05) is 6.07 Å². The molecule has 11 rings (SSSR count). The van der Waals surface area contributed by atoms with Crippen molar-refractivity contribution in [2.75, 3.05) is 4.90 Å². The first kappa shape index (κ1) is 31.0. The average Bonchev–Trinajstić information content (AvgIpc) is 3.71. The second kappa shape index (κ2) is 11.7. The van der Waals surface area contributed by atoms with E-state index in [9.17, 15) is 0 Å². The van der Waals surface area contributed by atoms with Gasteiger partial charge in [0.25, 0.3) is 0 Å². The van der Waals surface area contributed by atoms with Crippen molar-refractivity contribution < 1.29 is 4.42 Å². The zero-order chi connectivity index (χ0) is 35.3. The Morgan fingerprint density at radius 3 is 2.19 bits per heavy atom. The maximum absolute atomic E-state index is 6.54. The van der Waals surface area contributed by atoms with Gasteiger partial charge in [-0.05, 0) is 130 Å². The number of anilines is 3. The molecular formula is C51H43NO. The van der Waals surface area contributed by atoms with Gasteiger partial charge < -0.3 is 9.32 Å². The van der Waals surface area contributed by atoms with Crippen LogP contribution in [-0.4, -0.2) is 0 Å². The molecule has 1 unspecified atom stereocenters. The van der Waals surface area contributed by atoms with Gasteiger partial charge in [-0.1, -0.05) is 123 Å². The molecule has 8 aromatic rings. The standard InChI is InChI=1S/C51H43NO/c1-32-25-34-27-33(2)51(38(26-32)28-34)47-19-7-5-15-43(47)44-24-23-41(31-48(44)51)52(40-22-21-35-11-3-4-12-36(35)29-40)39-14-9-13-37(30-39)42-17-10-18-46-45-16-6-8-20-49(45)53-50(42)46/h3-24,29-34,38H,25-28H2,1-2H3/t32-,33+,34-,38-,51?/m0/s1. The van der Waals surface area contributed by atoms with Crippen LogP contribution >= 0.6 is 0 Å². The number of furan rings is 1. The van der Waals surface area contributed by atoms with Crippen LogP contribution in [0.15, 0.2) is 156 Å². The largest absolute Gasteiger partial charge is 0.455 e. The van der Waals surface area contributed by atoms with Gasteiger partial charge in [0.05, 0.1) is 0 Å². The summed E-state index contributed by atoms with van der Waals surface area (Å²) in [5, 5.41) is 4.80. The molecule has 0 aliphatic heterocycles. The fraction of sp³-hybridized carbons (Fsp3) is 0.216. The van der Waals surface area contributed by atoms with Crippen molar-refractivity contribution in [3.8, 4) is 22.3 Å². The number of para-hydroxylation sites is 2. The summed E-state index contributed by atoms with van der Waals surface area (Å²) in [6.45, 7) is 5.07. The van der Waals surface area contributed by atoms with Gasteiger partial charge in [0.2, 0.25) is 0 Å². The Kier molecular flexibility index (Phi) is 6.84. The van der Waals surface area contributed by atoms with Crippen molar-refractivity contribution in [2.45, 2.75) is 44.9 Å². The quantitative estimate of drug-likeness (QED) is 0.183. The van der Waals surface area contributed by atoms with E-state index < -0.39 is 0 Å². The molecule has 0 amide bonds. The lowest BCUT2D eigenvalue weighted by atomic mass is 9.49. The molecule has 0 N–H and O–H groups in total. The molecule has 258 valence electrons. The molecule has 5 atom stereocenters. The third kappa shape index (κ3) is 4.57. The summed E-state index contributed by atoms with van der Waals surface area (Å²) in [5.41, 5.74) is 13.6. The number of fused-ring (bicyclic) bond motifs is 12. The van der Waals surface area contributed by atoms with Crippen molar-refractivity contribution in [3.05, 3.63) is 163 Å². The zero-order valence-electron chi connectivity index (χ0n) is 30.4. The predicted molar refractivity (Wildman–Crippen MR) is 221 cm³/mol. The van der Waals surface area contributed by atoms with Crippen LogP contribution < -0.4 is 4.90 Å². The lowest BCUT2D eigenvalue weighted by Gasteiger charge is -2.54. The molecule has 1 spiro atoms. The third-order valence-electron chi connectivity index (χ3n) is 13.3. The molecule has 2 saturated carbocycles. The molecule has 7 aromatic carbocycles. The maximum Gasteiger partial charge on any atom is 0.143 e. The molecule has 0 radical (unpaired) electrons. The fourth-order valence-electron chi connectivity index (χ4n) is 11.4. The predicted octanol–water partition coefficient (Wildman–Crippen LogP) is 14.2. The Bertz CT molecular complexity index is 2710. The van der Waals surface area contributed by atoms with E-state index >= 15 is 0 Å². The summed E-state index contributed by atoms with van der Waals surface area (Å²) in [5.74, 6) is 2.85. The Balaban J connectivity index is 1.12. The minimum absolute atomic E-state index is 0.0287. The molecule has 2 nitrogen and oxygen atoms in total. The molecule has 3 aliphatic rings. The summed E-state index contributed by atoms with van der Waals surface area (Å²) in [4.78, 5) is 2.49.